The number of carboxylic acid groups (broad SMARTS) is 2. The molecule has 1 aromatic carbocycles. The van der Waals surface area contributed by atoms with Gasteiger partial charge < -0.3 is 15.5 Å². The van der Waals surface area contributed by atoms with Gasteiger partial charge in [0.2, 0.25) is 0 Å². The first-order valence-corrected chi connectivity index (χ1v) is 8.89. The number of unbranched alkanes of at least 4 members (excludes halogenated alkanes) is 1. The molecular formula is C21H27NO5. The van der Waals surface area contributed by atoms with Gasteiger partial charge in [-0.25, -0.2) is 4.79 Å². The summed E-state index contributed by atoms with van der Waals surface area (Å²) in [5.74, 6) is -2.04. The lowest BCUT2D eigenvalue weighted by atomic mass is 9.80. The van der Waals surface area contributed by atoms with Gasteiger partial charge in [0.05, 0.1) is 5.41 Å². The molecule has 2 rings (SSSR count). The lowest BCUT2D eigenvalue weighted by molar-refractivity contribution is -0.145. The first-order chi connectivity index (χ1) is 12.7. The Balaban J connectivity index is 0.000000271. The number of aliphatic carboxylic acids is 2. The quantitative estimate of drug-likeness (QED) is 0.661. The maximum atomic E-state index is 11.5. The van der Waals surface area contributed by atoms with Crippen LogP contribution in [0, 0.1) is 12.3 Å². The van der Waals surface area contributed by atoms with Crippen LogP contribution in [0.2, 0.25) is 0 Å². The minimum Gasteiger partial charge on any atom is -0.481 e. The molecule has 0 saturated carbocycles. The molecule has 1 atom stereocenters. The Morgan fingerprint density at radius 1 is 1.15 bits per heavy atom. The molecule has 0 radical (unpaired) electrons. The summed E-state index contributed by atoms with van der Waals surface area (Å²) in [6.45, 7) is 6.39. The predicted molar refractivity (Wildman–Crippen MR) is 104 cm³/mol. The lowest BCUT2D eigenvalue weighted by Gasteiger charge is -2.23. The second kappa shape index (κ2) is 10.3. The Kier molecular flexibility index (Phi) is 8.45. The number of hydrogen-bond acceptors (Lipinski definition) is 3. The van der Waals surface area contributed by atoms with Gasteiger partial charge in [-0.3, -0.25) is 9.59 Å². The molecule has 0 fully saturated rings. The van der Waals surface area contributed by atoms with E-state index in [0.29, 0.717) is 0 Å². The zero-order chi connectivity index (χ0) is 20.4. The fourth-order valence-electron chi connectivity index (χ4n) is 2.37. The summed E-state index contributed by atoms with van der Waals surface area (Å²) in [6, 6.07) is 7.62. The van der Waals surface area contributed by atoms with Gasteiger partial charge in [-0.05, 0) is 38.8 Å². The molecule has 6 nitrogen and oxygen atoms in total. The number of nitrogens with one attached hydrogen (secondary N) is 1. The molecule has 1 unspecified atom stereocenters. The van der Waals surface area contributed by atoms with E-state index in [2.05, 4.69) is 12.2 Å². The third-order valence-corrected chi connectivity index (χ3v) is 4.21. The molecule has 1 aliphatic rings. The van der Waals surface area contributed by atoms with E-state index in [4.69, 9.17) is 10.2 Å². The fourth-order valence-corrected chi connectivity index (χ4v) is 2.37. The number of carbonyl (C=O) groups excluding carboxylic acids is 1. The van der Waals surface area contributed by atoms with Crippen molar-refractivity contribution in [3.8, 4) is 0 Å². The van der Waals surface area contributed by atoms with Crippen molar-refractivity contribution in [2.75, 3.05) is 6.54 Å². The van der Waals surface area contributed by atoms with Crippen LogP contribution in [0.5, 0.6) is 0 Å². The van der Waals surface area contributed by atoms with Crippen LogP contribution in [0.1, 0.15) is 49.0 Å². The molecule has 3 N–H and O–H groups in total. The van der Waals surface area contributed by atoms with Crippen molar-refractivity contribution in [1.29, 1.82) is 0 Å². The molecule has 0 bridgehead atoms. The summed E-state index contributed by atoms with van der Waals surface area (Å²) < 4.78 is 0. The maximum absolute atomic E-state index is 11.5. The Hall–Kier alpha value is -2.89. The Labute approximate surface area is 159 Å². The first kappa shape index (κ1) is 22.2. The van der Waals surface area contributed by atoms with Crippen molar-refractivity contribution in [3.05, 3.63) is 59.2 Å². The molecule has 1 amide bonds. The van der Waals surface area contributed by atoms with Crippen molar-refractivity contribution in [1.82, 2.24) is 5.32 Å². The van der Waals surface area contributed by atoms with Crippen LogP contribution >= 0.6 is 0 Å². The third kappa shape index (κ3) is 7.09. The summed E-state index contributed by atoms with van der Waals surface area (Å²) in [7, 11) is 0. The summed E-state index contributed by atoms with van der Waals surface area (Å²) >= 11 is 0. The van der Waals surface area contributed by atoms with E-state index in [1.165, 1.54) is 30.7 Å². The van der Waals surface area contributed by atoms with Crippen LogP contribution in [0.25, 0.3) is 0 Å². The molecular weight excluding hydrogens is 346 g/mol. The predicted octanol–water partition coefficient (Wildman–Crippen LogP) is 3.57. The van der Waals surface area contributed by atoms with Crippen molar-refractivity contribution in [2.24, 2.45) is 5.41 Å². The average molecular weight is 373 g/mol. The highest BCUT2D eigenvalue weighted by atomic mass is 16.4. The number of aryl methyl sites for hydroxylation is 1. The monoisotopic (exact) mass is 373 g/mol. The summed E-state index contributed by atoms with van der Waals surface area (Å²) in [5.41, 5.74) is 0.969. The van der Waals surface area contributed by atoms with E-state index in [1.54, 1.807) is 0 Å². The third-order valence-electron chi connectivity index (χ3n) is 4.21. The van der Waals surface area contributed by atoms with Crippen LogP contribution in [0.15, 0.2) is 48.1 Å². The molecule has 1 aliphatic carbocycles. The maximum Gasteiger partial charge on any atom is 0.331 e. The summed E-state index contributed by atoms with van der Waals surface area (Å²) in [5, 5.41) is 20.4. The van der Waals surface area contributed by atoms with Gasteiger partial charge in [-0.1, -0.05) is 49.3 Å². The highest BCUT2D eigenvalue weighted by Gasteiger charge is 2.34. The van der Waals surface area contributed by atoms with Crippen LogP contribution in [0.4, 0.5) is 0 Å². The molecule has 0 aliphatic heterocycles. The van der Waals surface area contributed by atoms with Crippen LogP contribution in [-0.2, 0) is 9.59 Å². The number of hydrogen-bond donors (Lipinski definition) is 3. The molecule has 0 heterocycles. The topological polar surface area (TPSA) is 104 Å². The van der Waals surface area contributed by atoms with E-state index < -0.39 is 17.4 Å². The summed E-state index contributed by atoms with van der Waals surface area (Å²) in [4.78, 5) is 32.9. The second-order valence-electron chi connectivity index (χ2n) is 6.73. The Bertz CT molecular complexity index is 733. The SMILES string of the molecule is CC1(C(=O)O)C=CC=C(C(=O)O)C1.CCCCNC(=O)c1ccc(C)cc1. The highest BCUT2D eigenvalue weighted by Crippen LogP contribution is 2.31. The molecule has 146 valence electrons. The van der Waals surface area contributed by atoms with E-state index in [-0.39, 0.29) is 17.9 Å². The van der Waals surface area contributed by atoms with Crippen molar-refractivity contribution < 1.29 is 24.6 Å². The van der Waals surface area contributed by atoms with Crippen molar-refractivity contribution in [2.45, 2.75) is 40.0 Å². The fraction of sp³-hybridized carbons (Fsp3) is 0.381. The van der Waals surface area contributed by atoms with Gasteiger partial charge in [0.15, 0.2) is 0 Å². The molecule has 0 aromatic heterocycles. The van der Waals surface area contributed by atoms with E-state index >= 15 is 0 Å². The van der Waals surface area contributed by atoms with Crippen LogP contribution in [-0.4, -0.2) is 34.6 Å². The lowest BCUT2D eigenvalue weighted by Crippen LogP contribution is -2.28. The Morgan fingerprint density at radius 3 is 2.30 bits per heavy atom. The second-order valence-corrected chi connectivity index (χ2v) is 6.73. The number of amides is 1. The minimum absolute atomic E-state index is 0.0263. The molecule has 0 saturated heterocycles. The number of carboxylic acids is 2. The van der Waals surface area contributed by atoms with E-state index in [1.807, 2.05) is 31.2 Å². The number of allylic oxidation sites excluding steroid dienone is 2. The van der Waals surface area contributed by atoms with Gasteiger partial charge in [0.25, 0.3) is 5.91 Å². The van der Waals surface area contributed by atoms with Crippen LogP contribution < -0.4 is 5.32 Å². The highest BCUT2D eigenvalue weighted by molar-refractivity contribution is 5.94. The van der Waals surface area contributed by atoms with E-state index in [0.717, 1.165) is 24.9 Å². The average Bonchev–Trinajstić information content (AvgIpc) is 2.63. The standard InChI is InChI=1S/C12H17NO.C9H10O4/c1-3-4-9-13-12(14)11-7-5-10(2)6-8-11;1-9(8(12)13)4-2-3-6(5-9)7(10)11/h5-8H,3-4,9H2,1-2H3,(H,13,14);2-4H,5H2,1H3,(H,10,11)(H,12,13). The van der Waals surface area contributed by atoms with Crippen molar-refractivity contribution in [3.63, 3.8) is 0 Å². The van der Waals surface area contributed by atoms with Gasteiger partial charge in [0, 0.05) is 17.7 Å². The smallest absolute Gasteiger partial charge is 0.331 e. The van der Waals surface area contributed by atoms with Crippen molar-refractivity contribution >= 4 is 17.8 Å². The van der Waals surface area contributed by atoms with Crippen LogP contribution in [0.3, 0.4) is 0 Å². The molecule has 27 heavy (non-hydrogen) atoms. The van der Waals surface area contributed by atoms with Gasteiger partial charge in [-0.2, -0.15) is 0 Å². The van der Waals surface area contributed by atoms with Gasteiger partial charge in [-0.15, -0.1) is 0 Å². The number of benzene rings is 1. The number of rotatable bonds is 6. The first-order valence-electron chi connectivity index (χ1n) is 8.89. The largest absolute Gasteiger partial charge is 0.481 e. The molecule has 0 spiro atoms. The minimum atomic E-state index is -1.08. The molecule has 6 heteroatoms. The van der Waals surface area contributed by atoms with Gasteiger partial charge >= 0.3 is 11.9 Å². The number of carbonyl (C=O) groups is 3. The van der Waals surface area contributed by atoms with Gasteiger partial charge in [0.1, 0.15) is 0 Å². The zero-order valence-electron chi connectivity index (χ0n) is 16.0. The zero-order valence-corrected chi connectivity index (χ0v) is 16.0. The van der Waals surface area contributed by atoms with E-state index in [9.17, 15) is 14.4 Å². The summed E-state index contributed by atoms with van der Waals surface area (Å²) in [6.07, 6.45) is 6.58. The molecule has 1 aromatic rings. The Morgan fingerprint density at radius 2 is 1.78 bits per heavy atom. The normalized spacial score (nSPS) is 18.0.